The van der Waals surface area contributed by atoms with Gasteiger partial charge in [0.2, 0.25) is 0 Å². The molecule has 0 bridgehead atoms. The average molecular weight is 295 g/mol. The molecule has 0 saturated carbocycles. The molecule has 0 amide bonds. The third-order valence-corrected chi connectivity index (χ3v) is 5.57. The maximum Gasteiger partial charge on any atom is 0.0628 e. The molecule has 0 spiro atoms. The summed E-state index contributed by atoms with van der Waals surface area (Å²) in [5.41, 5.74) is 1.27. The Bertz CT molecular complexity index is 387. The number of rotatable bonds is 8. The minimum Gasteiger partial charge on any atom is -0.313 e. The van der Waals surface area contributed by atoms with Crippen molar-refractivity contribution in [3.05, 3.63) is 18.0 Å². The number of thioether (sulfide) groups is 1. The van der Waals surface area contributed by atoms with E-state index in [1.807, 2.05) is 0 Å². The van der Waals surface area contributed by atoms with Crippen LogP contribution < -0.4 is 5.32 Å². The van der Waals surface area contributed by atoms with E-state index in [1.54, 1.807) is 0 Å². The van der Waals surface area contributed by atoms with Crippen molar-refractivity contribution < 1.29 is 0 Å². The van der Waals surface area contributed by atoms with Gasteiger partial charge in [0.05, 0.1) is 11.7 Å². The van der Waals surface area contributed by atoms with Crippen LogP contribution in [0.25, 0.3) is 0 Å². The van der Waals surface area contributed by atoms with Gasteiger partial charge in [-0.2, -0.15) is 16.9 Å². The van der Waals surface area contributed by atoms with E-state index < -0.39 is 0 Å². The number of nitrogens with zero attached hydrogens (tertiary/aromatic N) is 2. The van der Waals surface area contributed by atoms with Gasteiger partial charge in [-0.05, 0) is 50.0 Å². The minimum absolute atomic E-state index is 0.565. The predicted molar refractivity (Wildman–Crippen MR) is 88.4 cm³/mol. The van der Waals surface area contributed by atoms with Gasteiger partial charge in [-0.1, -0.05) is 20.8 Å². The largest absolute Gasteiger partial charge is 0.313 e. The molecule has 4 heteroatoms. The SMILES string of the molecule is CCCNC1CSCC1Cc1ccn(C(CC)CC)n1. The molecule has 0 aliphatic carbocycles. The summed E-state index contributed by atoms with van der Waals surface area (Å²) >= 11 is 2.09. The molecule has 20 heavy (non-hydrogen) atoms. The second-order valence-corrected chi connectivity index (χ2v) is 6.89. The average Bonchev–Trinajstić information content (AvgIpc) is 3.08. The fourth-order valence-electron chi connectivity index (χ4n) is 2.98. The van der Waals surface area contributed by atoms with Crippen LogP contribution in [0, 0.1) is 5.92 Å². The molecular formula is C16H29N3S. The number of hydrogen-bond donors (Lipinski definition) is 1. The first kappa shape index (κ1) is 15.9. The molecule has 114 valence electrons. The van der Waals surface area contributed by atoms with Crippen LogP contribution in [0.1, 0.15) is 51.8 Å². The third-order valence-electron chi connectivity index (χ3n) is 4.31. The van der Waals surface area contributed by atoms with E-state index in [0.29, 0.717) is 12.1 Å². The van der Waals surface area contributed by atoms with Crippen molar-refractivity contribution in [3.8, 4) is 0 Å². The Labute approximate surface area is 127 Å². The molecule has 1 aromatic heterocycles. The Morgan fingerprint density at radius 1 is 1.35 bits per heavy atom. The molecule has 0 radical (unpaired) electrons. The zero-order valence-corrected chi connectivity index (χ0v) is 14.0. The van der Waals surface area contributed by atoms with Gasteiger partial charge < -0.3 is 5.32 Å². The Morgan fingerprint density at radius 2 is 2.15 bits per heavy atom. The highest BCUT2D eigenvalue weighted by Crippen LogP contribution is 2.27. The first-order valence-corrected chi connectivity index (χ1v) is 9.29. The van der Waals surface area contributed by atoms with Crippen molar-refractivity contribution in [2.75, 3.05) is 18.1 Å². The standard InChI is InChI=1S/C16H29N3S/c1-4-8-17-16-12-20-11-13(16)10-14-7-9-19(18-14)15(5-2)6-3/h7,9,13,15-17H,4-6,8,10-12H2,1-3H3. The summed E-state index contributed by atoms with van der Waals surface area (Å²) in [6, 6.07) is 3.46. The Balaban J connectivity index is 1.92. The van der Waals surface area contributed by atoms with Gasteiger partial charge in [0.1, 0.15) is 0 Å². The molecule has 2 heterocycles. The van der Waals surface area contributed by atoms with Gasteiger partial charge in [-0.25, -0.2) is 0 Å². The lowest BCUT2D eigenvalue weighted by atomic mass is 9.98. The smallest absolute Gasteiger partial charge is 0.0628 e. The van der Waals surface area contributed by atoms with Crippen LogP contribution in [-0.2, 0) is 6.42 Å². The van der Waals surface area contributed by atoms with E-state index in [2.05, 4.69) is 54.8 Å². The molecule has 1 N–H and O–H groups in total. The van der Waals surface area contributed by atoms with Crippen molar-refractivity contribution in [2.24, 2.45) is 5.92 Å². The topological polar surface area (TPSA) is 29.9 Å². The summed E-state index contributed by atoms with van der Waals surface area (Å²) in [4.78, 5) is 0. The molecular weight excluding hydrogens is 266 g/mol. The summed E-state index contributed by atoms with van der Waals surface area (Å²) in [6.45, 7) is 7.87. The maximum atomic E-state index is 4.81. The van der Waals surface area contributed by atoms with E-state index in [4.69, 9.17) is 5.10 Å². The van der Waals surface area contributed by atoms with Crippen molar-refractivity contribution >= 4 is 11.8 Å². The lowest BCUT2D eigenvalue weighted by Gasteiger charge is -2.19. The van der Waals surface area contributed by atoms with Gasteiger partial charge in [0.15, 0.2) is 0 Å². The van der Waals surface area contributed by atoms with E-state index in [0.717, 1.165) is 31.7 Å². The van der Waals surface area contributed by atoms with E-state index in [1.165, 1.54) is 23.6 Å². The monoisotopic (exact) mass is 295 g/mol. The first-order valence-electron chi connectivity index (χ1n) is 8.13. The van der Waals surface area contributed by atoms with E-state index in [9.17, 15) is 0 Å². The van der Waals surface area contributed by atoms with Crippen molar-refractivity contribution in [1.82, 2.24) is 15.1 Å². The van der Waals surface area contributed by atoms with Crippen LogP contribution in [0.2, 0.25) is 0 Å². The number of hydrogen-bond acceptors (Lipinski definition) is 3. The van der Waals surface area contributed by atoms with E-state index >= 15 is 0 Å². The molecule has 1 aliphatic heterocycles. The van der Waals surface area contributed by atoms with Crippen LogP contribution >= 0.6 is 11.8 Å². The highest BCUT2D eigenvalue weighted by molar-refractivity contribution is 7.99. The number of nitrogens with one attached hydrogen (secondary N) is 1. The van der Waals surface area contributed by atoms with Gasteiger partial charge in [0, 0.05) is 18.0 Å². The summed E-state index contributed by atoms with van der Waals surface area (Å²) in [5, 5.41) is 8.51. The Kier molecular flexibility index (Phi) is 6.43. The summed E-state index contributed by atoms with van der Waals surface area (Å²) in [7, 11) is 0. The zero-order valence-electron chi connectivity index (χ0n) is 13.1. The van der Waals surface area contributed by atoms with Crippen LogP contribution in [0.4, 0.5) is 0 Å². The predicted octanol–water partition coefficient (Wildman–Crippen LogP) is 3.52. The fourth-order valence-corrected chi connectivity index (χ4v) is 4.41. The highest BCUT2D eigenvalue weighted by Gasteiger charge is 2.28. The summed E-state index contributed by atoms with van der Waals surface area (Å²) in [6.07, 6.45) is 6.84. The Morgan fingerprint density at radius 3 is 2.85 bits per heavy atom. The van der Waals surface area contributed by atoms with Gasteiger partial charge >= 0.3 is 0 Å². The molecule has 1 aromatic rings. The molecule has 1 aliphatic rings. The lowest BCUT2D eigenvalue weighted by Crippen LogP contribution is -2.36. The van der Waals surface area contributed by atoms with Crippen molar-refractivity contribution in [1.29, 1.82) is 0 Å². The zero-order chi connectivity index (χ0) is 14.4. The number of aromatic nitrogens is 2. The van der Waals surface area contributed by atoms with Crippen LogP contribution in [-0.4, -0.2) is 33.9 Å². The summed E-state index contributed by atoms with van der Waals surface area (Å²) < 4.78 is 2.17. The maximum absolute atomic E-state index is 4.81. The first-order chi connectivity index (χ1) is 9.78. The van der Waals surface area contributed by atoms with Crippen LogP contribution in [0.3, 0.4) is 0 Å². The molecule has 2 rings (SSSR count). The van der Waals surface area contributed by atoms with Crippen molar-refractivity contribution in [2.45, 2.75) is 58.5 Å². The van der Waals surface area contributed by atoms with Crippen LogP contribution in [0.5, 0.6) is 0 Å². The molecule has 0 aromatic carbocycles. The second-order valence-electron chi connectivity index (χ2n) is 5.82. The minimum atomic E-state index is 0.565. The summed E-state index contributed by atoms with van der Waals surface area (Å²) in [5.74, 6) is 3.29. The van der Waals surface area contributed by atoms with Crippen LogP contribution in [0.15, 0.2) is 12.3 Å². The molecule has 3 nitrogen and oxygen atoms in total. The Hall–Kier alpha value is -0.480. The molecule has 1 fully saturated rings. The lowest BCUT2D eigenvalue weighted by molar-refractivity contribution is 0.405. The van der Waals surface area contributed by atoms with E-state index in [-0.39, 0.29) is 0 Å². The van der Waals surface area contributed by atoms with Gasteiger partial charge in [-0.15, -0.1) is 0 Å². The highest BCUT2D eigenvalue weighted by atomic mass is 32.2. The third kappa shape index (κ3) is 4.01. The molecule has 1 saturated heterocycles. The van der Waals surface area contributed by atoms with Crippen molar-refractivity contribution in [3.63, 3.8) is 0 Å². The second kappa shape index (κ2) is 8.08. The fraction of sp³-hybridized carbons (Fsp3) is 0.812. The molecule has 2 unspecified atom stereocenters. The van der Waals surface area contributed by atoms with Gasteiger partial charge in [-0.3, -0.25) is 4.68 Å². The van der Waals surface area contributed by atoms with Gasteiger partial charge in [0.25, 0.3) is 0 Å². The normalized spacial score (nSPS) is 22.8. The molecule has 2 atom stereocenters. The quantitative estimate of drug-likeness (QED) is 0.796.